The van der Waals surface area contributed by atoms with Crippen LogP contribution in [0.1, 0.15) is 36.8 Å². The summed E-state index contributed by atoms with van der Waals surface area (Å²) in [6.07, 6.45) is 7.35. The van der Waals surface area contributed by atoms with Gasteiger partial charge in [0.15, 0.2) is 0 Å². The monoisotopic (exact) mass is 315 g/mol. The molecule has 0 N–H and O–H groups in total. The molecule has 2 heteroatoms. The third kappa shape index (κ3) is 1.99. The van der Waals surface area contributed by atoms with Gasteiger partial charge in [0.2, 0.25) is 5.91 Å². The molecule has 0 unspecified atom stereocenters. The summed E-state index contributed by atoms with van der Waals surface area (Å²) in [6, 6.07) is 19.3. The first kappa shape index (κ1) is 14.0. The highest BCUT2D eigenvalue weighted by Gasteiger charge is 2.56. The van der Waals surface area contributed by atoms with Gasteiger partial charge in [-0.1, -0.05) is 60.2 Å². The van der Waals surface area contributed by atoms with Crippen LogP contribution in [0.3, 0.4) is 0 Å². The molecule has 0 aromatic heterocycles. The number of nitrogens with zero attached hydrogens (tertiary/aromatic N) is 1. The van der Waals surface area contributed by atoms with E-state index in [1.54, 1.807) is 0 Å². The van der Waals surface area contributed by atoms with Gasteiger partial charge in [0.25, 0.3) is 0 Å². The minimum Gasteiger partial charge on any atom is -0.308 e. The van der Waals surface area contributed by atoms with Crippen molar-refractivity contribution >= 4 is 17.7 Å². The minimum absolute atomic E-state index is 0.140. The molecular formula is C22H21NO. The quantitative estimate of drug-likeness (QED) is 0.753. The molecule has 2 aliphatic heterocycles. The lowest BCUT2D eigenvalue weighted by Gasteiger charge is -2.22. The molecular weight excluding hydrogens is 294 g/mol. The number of amides is 1. The summed E-state index contributed by atoms with van der Waals surface area (Å²) in [5.41, 5.74) is 5.04. The van der Waals surface area contributed by atoms with Crippen molar-refractivity contribution in [3.63, 3.8) is 0 Å². The van der Waals surface area contributed by atoms with E-state index >= 15 is 0 Å². The molecule has 1 spiro atoms. The van der Waals surface area contributed by atoms with Crippen molar-refractivity contribution < 1.29 is 4.79 Å². The molecule has 2 aromatic carbocycles. The predicted octanol–water partition coefficient (Wildman–Crippen LogP) is 4.60. The highest BCUT2D eigenvalue weighted by Crippen LogP contribution is 2.55. The Morgan fingerprint density at radius 2 is 1.83 bits per heavy atom. The summed E-state index contributed by atoms with van der Waals surface area (Å²) < 4.78 is 0. The first-order valence-corrected chi connectivity index (χ1v) is 8.91. The molecule has 2 heterocycles. The van der Waals surface area contributed by atoms with E-state index in [4.69, 9.17) is 0 Å². The van der Waals surface area contributed by atoms with Crippen molar-refractivity contribution in [2.24, 2.45) is 5.41 Å². The van der Waals surface area contributed by atoms with Crippen LogP contribution in [0.2, 0.25) is 0 Å². The lowest BCUT2D eigenvalue weighted by Crippen LogP contribution is -2.33. The van der Waals surface area contributed by atoms with Gasteiger partial charge in [0, 0.05) is 11.7 Å². The summed E-state index contributed by atoms with van der Waals surface area (Å²) >= 11 is 0. The summed E-state index contributed by atoms with van der Waals surface area (Å²) in [6.45, 7) is 0. The molecule has 1 saturated heterocycles. The van der Waals surface area contributed by atoms with Gasteiger partial charge in [0.1, 0.15) is 0 Å². The average molecular weight is 315 g/mol. The highest BCUT2D eigenvalue weighted by atomic mass is 16.2. The molecule has 24 heavy (non-hydrogen) atoms. The van der Waals surface area contributed by atoms with E-state index in [9.17, 15) is 4.79 Å². The van der Waals surface area contributed by atoms with Gasteiger partial charge in [-0.3, -0.25) is 4.79 Å². The van der Waals surface area contributed by atoms with Crippen molar-refractivity contribution in [3.8, 4) is 0 Å². The lowest BCUT2D eigenvalue weighted by atomic mass is 9.81. The zero-order valence-electron chi connectivity index (χ0n) is 13.7. The van der Waals surface area contributed by atoms with Gasteiger partial charge in [-0.15, -0.1) is 0 Å². The fraction of sp³-hybridized carbons (Fsp3) is 0.318. The Bertz CT molecular complexity index is 838. The largest absolute Gasteiger partial charge is 0.308 e. The van der Waals surface area contributed by atoms with Gasteiger partial charge in [0.05, 0.1) is 5.41 Å². The number of para-hydroxylation sites is 1. The van der Waals surface area contributed by atoms with Crippen molar-refractivity contribution in [1.29, 1.82) is 0 Å². The number of hydrogen-bond acceptors (Lipinski definition) is 1. The number of rotatable bonds is 1. The molecule has 0 bridgehead atoms. The van der Waals surface area contributed by atoms with Crippen LogP contribution in [-0.4, -0.2) is 11.9 Å². The number of fused-ring (bicyclic) bond motifs is 3. The Kier molecular flexibility index (Phi) is 2.97. The Balaban J connectivity index is 1.44. The van der Waals surface area contributed by atoms with Crippen LogP contribution in [0.5, 0.6) is 0 Å². The first-order chi connectivity index (χ1) is 11.8. The Morgan fingerprint density at radius 3 is 2.71 bits per heavy atom. The first-order valence-electron chi connectivity index (χ1n) is 8.91. The standard InChI is InChI=1S/C22H21NO/c24-21-22(11-10-17(14-22)12-16-6-2-1-3-7-16)15-19-13-18-8-4-5-9-20(18)23(19)21/h1-9,12,19H,10-11,13-15H2/b17-12-/t19-,22-/m0/s1. The number of allylic oxidation sites excluding steroid dienone is 1. The summed E-state index contributed by atoms with van der Waals surface area (Å²) in [5, 5.41) is 0. The molecule has 2 aromatic rings. The molecule has 3 aliphatic rings. The van der Waals surface area contributed by atoms with Crippen molar-refractivity contribution in [3.05, 3.63) is 71.3 Å². The molecule has 1 saturated carbocycles. The van der Waals surface area contributed by atoms with Gasteiger partial charge >= 0.3 is 0 Å². The van der Waals surface area contributed by atoms with Crippen LogP contribution >= 0.6 is 0 Å². The molecule has 5 rings (SSSR count). The van der Waals surface area contributed by atoms with Crippen LogP contribution in [0.15, 0.2) is 60.2 Å². The smallest absolute Gasteiger partial charge is 0.233 e. The molecule has 2 atom stereocenters. The molecule has 1 aliphatic carbocycles. The van der Waals surface area contributed by atoms with Crippen molar-refractivity contribution in [2.75, 3.05) is 4.90 Å². The minimum atomic E-state index is -0.140. The van der Waals surface area contributed by atoms with Gasteiger partial charge in [-0.05, 0) is 49.3 Å². The zero-order valence-corrected chi connectivity index (χ0v) is 13.7. The summed E-state index contributed by atoms with van der Waals surface area (Å²) in [5.74, 6) is 0.369. The number of benzene rings is 2. The number of carbonyl (C=O) groups excluding carboxylic acids is 1. The second kappa shape index (κ2) is 5.07. The van der Waals surface area contributed by atoms with Gasteiger partial charge < -0.3 is 4.90 Å². The van der Waals surface area contributed by atoms with Crippen LogP contribution in [0.4, 0.5) is 5.69 Å². The second-order valence-electron chi connectivity index (χ2n) is 7.54. The summed E-state index contributed by atoms with van der Waals surface area (Å²) in [4.78, 5) is 15.4. The van der Waals surface area contributed by atoms with Gasteiger partial charge in [-0.25, -0.2) is 0 Å². The third-order valence-electron chi connectivity index (χ3n) is 6.03. The predicted molar refractivity (Wildman–Crippen MR) is 96.7 cm³/mol. The SMILES string of the molecule is O=C1N2c3ccccc3C[C@H]2C[C@@]12CC/C(=C/c1ccccc1)C2. The van der Waals surface area contributed by atoms with Crippen molar-refractivity contribution in [2.45, 2.75) is 38.1 Å². The lowest BCUT2D eigenvalue weighted by molar-refractivity contribution is -0.125. The second-order valence-corrected chi connectivity index (χ2v) is 7.54. The highest BCUT2D eigenvalue weighted by molar-refractivity contribution is 6.03. The maximum atomic E-state index is 13.3. The molecule has 1 amide bonds. The third-order valence-corrected chi connectivity index (χ3v) is 6.03. The Labute approximate surface area is 142 Å². The molecule has 2 fully saturated rings. The number of carbonyl (C=O) groups is 1. The number of anilines is 1. The van der Waals surface area contributed by atoms with E-state index in [1.165, 1.54) is 16.7 Å². The van der Waals surface area contributed by atoms with E-state index in [0.717, 1.165) is 37.8 Å². The molecule has 0 radical (unpaired) electrons. The van der Waals surface area contributed by atoms with E-state index in [0.29, 0.717) is 11.9 Å². The van der Waals surface area contributed by atoms with Crippen LogP contribution in [-0.2, 0) is 11.2 Å². The normalized spacial score (nSPS) is 29.5. The summed E-state index contributed by atoms with van der Waals surface area (Å²) in [7, 11) is 0. The Hall–Kier alpha value is -2.35. The van der Waals surface area contributed by atoms with Crippen molar-refractivity contribution in [1.82, 2.24) is 0 Å². The van der Waals surface area contributed by atoms with Crippen LogP contribution < -0.4 is 4.90 Å². The van der Waals surface area contributed by atoms with E-state index in [-0.39, 0.29) is 5.41 Å². The van der Waals surface area contributed by atoms with E-state index < -0.39 is 0 Å². The fourth-order valence-electron chi connectivity index (χ4n) is 4.97. The Morgan fingerprint density at radius 1 is 1.04 bits per heavy atom. The zero-order chi connectivity index (χ0) is 16.1. The van der Waals surface area contributed by atoms with Crippen LogP contribution in [0.25, 0.3) is 6.08 Å². The molecule has 120 valence electrons. The number of hydrogen-bond donors (Lipinski definition) is 0. The molecule has 2 nitrogen and oxygen atoms in total. The maximum Gasteiger partial charge on any atom is 0.233 e. The van der Waals surface area contributed by atoms with E-state index in [1.807, 2.05) is 6.07 Å². The van der Waals surface area contributed by atoms with Gasteiger partial charge in [-0.2, -0.15) is 0 Å². The fourth-order valence-corrected chi connectivity index (χ4v) is 4.97. The maximum absolute atomic E-state index is 13.3. The topological polar surface area (TPSA) is 20.3 Å². The average Bonchev–Trinajstić information content (AvgIpc) is 3.24. The van der Waals surface area contributed by atoms with Crippen LogP contribution in [0, 0.1) is 5.41 Å². The van der Waals surface area contributed by atoms with E-state index in [2.05, 4.69) is 59.5 Å².